The molecule has 0 aliphatic rings. The summed E-state index contributed by atoms with van der Waals surface area (Å²) in [5, 5.41) is 17.3. The van der Waals surface area contributed by atoms with Crippen LogP contribution in [-0.2, 0) is 11.3 Å². The lowest BCUT2D eigenvalue weighted by Gasteiger charge is -2.15. The van der Waals surface area contributed by atoms with Gasteiger partial charge in [-0.25, -0.2) is 0 Å². The molecule has 2 rings (SSSR count). The number of para-hydroxylation sites is 1. The van der Waals surface area contributed by atoms with Gasteiger partial charge >= 0.3 is 0 Å². The zero-order chi connectivity index (χ0) is 21.6. The van der Waals surface area contributed by atoms with Crippen LogP contribution in [0.2, 0.25) is 0 Å². The van der Waals surface area contributed by atoms with Gasteiger partial charge in [0, 0.05) is 11.8 Å². The summed E-state index contributed by atoms with van der Waals surface area (Å²) >= 11 is 0. The van der Waals surface area contributed by atoms with E-state index in [0.29, 0.717) is 12.2 Å². The fourth-order valence-electron chi connectivity index (χ4n) is 2.89. The van der Waals surface area contributed by atoms with E-state index in [1.54, 1.807) is 36.3 Å². The van der Waals surface area contributed by atoms with Gasteiger partial charge in [0.05, 0.1) is 44.0 Å². The molecule has 0 aliphatic carbocycles. The average molecular weight is 399 g/mol. The molecular formula is C22H29N3O4. The Balaban J connectivity index is 2.21. The molecule has 2 N–H and O–H groups in total. The third-order valence-corrected chi connectivity index (χ3v) is 5.03. The maximum absolute atomic E-state index is 12.5. The Morgan fingerprint density at radius 2 is 1.97 bits per heavy atom. The van der Waals surface area contributed by atoms with Crippen molar-refractivity contribution in [3.05, 3.63) is 58.6 Å². The third-order valence-electron chi connectivity index (χ3n) is 5.03. The number of nitrogens with one attached hydrogen (secondary N) is 1. The van der Waals surface area contributed by atoms with Crippen molar-refractivity contribution >= 4 is 11.6 Å². The molecule has 0 spiro atoms. The van der Waals surface area contributed by atoms with E-state index in [0.717, 1.165) is 17.8 Å². The quantitative estimate of drug-likeness (QED) is 0.504. The first-order valence-electron chi connectivity index (χ1n) is 9.42. The number of nitrogens with zero attached hydrogens (tertiary/aromatic N) is 2. The van der Waals surface area contributed by atoms with Crippen LogP contribution in [-0.4, -0.2) is 35.0 Å². The van der Waals surface area contributed by atoms with Crippen molar-refractivity contribution < 1.29 is 19.4 Å². The summed E-state index contributed by atoms with van der Waals surface area (Å²) in [7, 11) is 3.09. The molecule has 7 nitrogen and oxygen atoms in total. The summed E-state index contributed by atoms with van der Waals surface area (Å²) in [6, 6.07) is 4.76. The van der Waals surface area contributed by atoms with Crippen molar-refractivity contribution in [2.24, 2.45) is 0 Å². The number of methoxy groups -OCH3 is 2. The van der Waals surface area contributed by atoms with E-state index in [2.05, 4.69) is 31.2 Å². The molecule has 2 aromatic rings. The first kappa shape index (κ1) is 22.1. The van der Waals surface area contributed by atoms with E-state index in [4.69, 9.17) is 9.47 Å². The summed E-state index contributed by atoms with van der Waals surface area (Å²) < 4.78 is 12.3. The second kappa shape index (κ2) is 9.82. The number of aromatic nitrogens is 2. The molecule has 7 heteroatoms. The molecule has 0 aliphatic heterocycles. The molecule has 0 bridgehead atoms. The highest BCUT2D eigenvalue weighted by atomic mass is 16.5. The predicted octanol–water partition coefficient (Wildman–Crippen LogP) is 4.52. The highest BCUT2D eigenvalue weighted by molar-refractivity contribution is 6.06. The molecule has 1 aromatic heterocycles. The van der Waals surface area contributed by atoms with E-state index in [1.165, 1.54) is 24.3 Å². The summed E-state index contributed by atoms with van der Waals surface area (Å²) in [6.45, 7) is 8.75. The normalized spacial score (nSPS) is 12.8. The number of benzene rings is 1. The molecule has 1 aromatic carbocycles. The van der Waals surface area contributed by atoms with Gasteiger partial charge in [-0.1, -0.05) is 18.6 Å². The Kier molecular flexibility index (Phi) is 7.47. The lowest BCUT2D eigenvalue weighted by atomic mass is 10.00. The second-order valence-electron chi connectivity index (χ2n) is 6.73. The minimum absolute atomic E-state index is 0.130. The minimum Gasteiger partial charge on any atom is -0.504 e. The van der Waals surface area contributed by atoms with E-state index in [1.807, 2.05) is 6.92 Å². The van der Waals surface area contributed by atoms with Gasteiger partial charge in [0.1, 0.15) is 0 Å². The smallest absolute Gasteiger partial charge is 0.259 e. The maximum Gasteiger partial charge on any atom is 0.259 e. The first-order chi connectivity index (χ1) is 13.8. The van der Waals surface area contributed by atoms with Crippen molar-refractivity contribution in [1.82, 2.24) is 9.78 Å². The number of phenols is 1. The van der Waals surface area contributed by atoms with Crippen LogP contribution < -0.4 is 10.1 Å². The molecule has 0 atom stereocenters. The Labute approximate surface area is 171 Å². The average Bonchev–Trinajstić information content (AvgIpc) is 3.17. The Bertz CT molecular complexity index is 941. The number of allylic oxidation sites excluding steroid dienone is 4. The SMILES string of the molecule is CC/C(C)=C(C)/C(Cn1cc(NC(=O)c2cccc(OC)c2O)cn1)=C(/C)OC. The van der Waals surface area contributed by atoms with Crippen molar-refractivity contribution in [2.75, 3.05) is 19.5 Å². The van der Waals surface area contributed by atoms with Crippen molar-refractivity contribution in [3.63, 3.8) is 0 Å². The van der Waals surface area contributed by atoms with E-state index >= 15 is 0 Å². The van der Waals surface area contributed by atoms with E-state index in [9.17, 15) is 9.90 Å². The van der Waals surface area contributed by atoms with Gasteiger partial charge in [0.25, 0.3) is 5.91 Å². The number of carbonyl (C=O) groups excluding carboxylic acids is 1. The van der Waals surface area contributed by atoms with Gasteiger partial charge in [-0.2, -0.15) is 5.10 Å². The molecule has 1 amide bonds. The van der Waals surface area contributed by atoms with Crippen LogP contribution in [0, 0.1) is 0 Å². The summed E-state index contributed by atoms with van der Waals surface area (Å²) in [4.78, 5) is 12.5. The van der Waals surface area contributed by atoms with Crippen LogP contribution in [0.1, 0.15) is 44.5 Å². The van der Waals surface area contributed by atoms with Crippen LogP contribution >= 0.6 is 0 Å². The molecule has 29 heavy (non-hydrogen) atoms. The van der Waals surface area contributed by atoms with Crippen LogP contribution in [0.5, 0.6) is 11.5 Å². The molecule has 0 fully saturated rings. The van der Waals surface area contributed by atoms with Crippen molar-refractivity contribution in [1.29, 1.82) is 0 Å². The monoisotopic (exact) mass is 399 g/mol. The zero-order valence-corrected chi connectivity index (χ0v) is 17.9. The first-order valence-corrected chi connectivity index (χ1v) is 9.42. The lowest BCUT2D eigenvalue weighted by molar-refractivity contribution is 0.102. The molecule has 0 saturated carbocycles. The number of anilines is 1. The maximum atomic E-state index is 12.5. The minimum atomic E-state index is -0.442. The molecule has 1 heterocycles. The molecule has 0 saturated heterocycles. The standard InChI is InChI=1S/C22H29N3O4/c1-7-14(2)15(3)19(16(4)28-5)13-25-12-17(11-23-25)24-22(27)18-9-8-10-20(29-6)21(18)26/h8-12,26H,7,13H2,1-6H3,(H,24,27)/b15-14+,19-16-. The van der Waals surface area contributed by atoms with Gasteiger partial charge in [-0.15, -0.1) is 0 Å². The van der Waals surface area contributed by atoms with Crippen LogP contribution in [0.15, 0.2) is 53.1 Å². The highest BCUT2D eigenvalue weighted by Gasteiger charge is 2.16. The van der Waals surface area contributed by atoms with Crippen LogP contribution in [0.25, 0.3) is 0 Å². The summed E-state index contributed by atoms with van der Waals surface area (Å²) in [6.07, 6.45) is 4.27. The molecular weight excluding hydrogens is 370 g/mol. The number of aromatic hydroxyl groups is 1. The molecule has 0 radical (unpaired) electrons. The number of ether oxygens (including phenoxy) is 2. The van der Waals surface area contributed by atoms with Gasteiger partial charge in [0.2, 0.25) is 0 Å². The van der Waals surface area contributed by atoms with Gasteiger partial charge in [0.15, 0.2) is 11.5 Å². The molecule has 156 valence electrons. The van der Waals surface area contributed by atoms with E-state index < -0.39 is 5.91 Å². The number of amides is 1. The Morgan fingerprint density at radius 3 is 2.59 bits per heavy atom. The zero-order valence-electron chi connectivity index (χ0n) is 17.9. The van der Waals surface area contributed by atoms with Crippen LogP contribution in [0.4, 0.5) is 5.69 Å². The van der Waals surface area contributed by atoms with Gasteiger partial charge < -0.3 is 19.9 Å². The van der Waals surface area contributed by atoms with Crippen molar-refractivity contribution in [2.45, 2.75) is 40.7 Å². The number of hydrogen-bond donors (Lipinski definition) is 2. The number of carbonyl (C=O) groups is 1. The number of hydrogen-bond acceptors (Lipinski definition) is 5. The second-order valence-corrected chi connectivity index (χ2v) is 6.73. The fourth-order valence-corrected chi connectivity index (χ4v) is 2.89. The van der Waals surface area contributed by atoms with Gasteiger partial charge in [-0.3, -0.25) is 9.48 Å². The van der Waals surface area contributed by atoms with Crippen molar-refractivity contribution in [3.8, 4) is 11.5 Å². The Hall–Kier alpha value is -3.22. The highest BCUT2D eigenvalue weighted by Crippen LogP contribution is 2.30. The topological polar surface area (TPSA) is 85.6 Å². The largest absolute Gasteiger partial charge is 0.504 e. The van der Waals surface area contributed by atoms with Gasteiger partial charge in [-0.05, 0) is 44.9 Å². The summed E-state index contributed by atoms with van der Waals surface area (Å²) in [5.41, 5.74) is 4.17. The number of phenolic OH excluding ortho intramolecular Hbond substituents is 1. The molecule has 0 unspecified atom stereocenters. The summed E-state index contributed by atoms with van der Waals surface area (Å²) in [5.74, 6) is 0.434. The van der Waals surface area contributed by atoms with Crippen LogP contribution in [0.3, 0.4) is 0 Å². The predicted molar refractivity (Wildman–Crippen MR) is 113 cm³/mol. The Morgan fingerprint density at radius 1 is 1.24 bits per heavy atom. The lowest BCUT2D eigenvalue weighted by Crippen LogP contribution is -2.12. The third kappa shape index (κ3) is 5.19. The fraction of sp³-hybridized carbons (Fsp3) is 0.364. The van der Waals surface area contributed by atoms with E-state index in [-0.39, 0.29) is 17.1 Å². The number of rotatable bonds is 8.